The van der Waals surface area contributed by atoms with Crippen LogP contribution >= 0.6 is 0 Å². The van der Waals surface area contributed by atoms with Crippen LogP contribution in [0.15, 0.2) is 12.7 Å². The molecule has 1 saturated heterocycles. The van der Waals surface area contributed by atoms with Crippen LogP contribution in [0.5, 0.6) is 0 Å². The van der Waals surface area contributed by atoms with Crippen LogP contribution in [0.2, 0.25) is 0 Å². The van der Waals surface area contributed by atoms with Crippen molar-refractivity contribution in [2.75, 3.05) is 26.8 Å². The lowest BCUT2D eigenvalue weighted by Crippen LogP contribution is -2.55. The van der Waals surface area contributed by atoms with Gasteiger partial charge in [0.05, 0.1) is 6.61 Å². The first-order valence-corrected chi connectivity index (χ1v) is 5.33. The summed E-state index contributed by atoms with van der Waals surface area (Å²) in [5, 5.41) is 0. The Morgan fingerprint density at radius 1 is 1.73 bits per heavy atom. The summed E-state index contributed by atoms with van der Waals surface area (Å²) in [7, 11) is 1.79. The van der Waals surface area contributed by atoms with Gasteiger partial charge >= 0.3 is 0 Å². The zero-order valence-electron chi connectivity index (χ0n) is 9.37. The fraction of sp³-hybridized carbons (Fsp3) is 0.727. The molecule has 2 N–H and O–H groups in total. The molecule has 1 rings (SSSR count). The van der Waals surface area contributed by atoms with Gasteiger partial charge in [0.25, 0.3) is 0 Å². The minimum atomic E-state index is -0.789. The summed E-state index contributed by atoms with van der Waals surface area (Å²) in [5.74, 6) is -0.0101. The van der Waals surface area contributed by atoms with E-state index in [2.05, 4.69) is 6.58 Å². The molecule has 86 valence electrons. The highest BCUT2D eigenvalue weighted by Crippen LogP contribution is 2.18. The van der Waals surface area contributed by atoms with Crippen LogP contribution in [-0.2, 0) is 9.53 Å². The van der Waals surface area contributed by atoms with Crippen LogP contribution in [0.1, 0.15) is 19.3 Å². The number of likely N-dealkylation sites (N-methyl/N-ethyl adjacent to an activating group) is 1. The Labute approximate surface area is 91.1 Å². The second-order valence-corrected chi connectivity index (χ2v) is 4.12. The van der Waals surface area contributed by atoms with Gasteiger partial charge in [-0.3, -0.25) is 4.79 Å². The van der Waals surface area contributed by atoms with Gasteiger partial charge in [-0.2, -0.15) is 0 Å². The van der Waals surface area contributed by atoms with Gasteiger partial charge < -0.3 is 15.4 Å². The van der Waals surface area contributed by atoms with Gasteiger partial charge in [0.2, 0.25) is 5.91 Å². The molecule has 0 aromatic rings. The maximum absolute atomic E-state index is 12.0. The van der Waals surface area contributed by atoms with Gasteiger partial charge in [0, 0.05) is 20.2 Å². The average Bonchev–Trinajstić information content (AvgIpc) is 2.65. The lowest BCUT2D eigenvalue weighted by atomic mass is 9.98. The Morgan fingerprint density at radius 3 is 3.00 bits per heavy atom. The third-order valence-electron chi connectivity index (χ3n) is 2.73. The van der Waals surface area contributed by atoms with E-state index in [-0.39, 0.29) is 5.91 Å². The van der Waals surface area contributed by atoms with Gasteiger partial charge in [-0.25, -0.2) is 0 Å². The number of amides is 1. The molecule has 1 unspecified atom stereocenters. The van der Waals surface area contributed by atoms with Crippen molar-refractivity contribution in [3.05, 3.63) is 12.7 Å². The maximum Gasteiger partial charge on any atom is 0.244 e. The SMILES string of the molecule is C=CCCCN(C)C(=O)C1(N)CCOC1. The second-order valence-electron chi connectivity index (χ2n) is 4.12. The highest BCUT2D eigenvalue weighted by Gasteiger charge is 2.39. The molecule has 1 atom stereocenters. The molecular formula is C11H20N2O2. The summed E-state index contributed by atoms with van der Waals surface area (Å²) in [4.78, 5) is 13.6. The smallest absolute Gasteiger partial charge is 0.244 e. The summed E-state index contributed by atoms with van der Waals surface area (Å²) < 4.78 is 5.17. The number of hydrogen-bond acceptors (Lipinski definition) is 3. The van der Waals surface area contributed by atoms with Crippen molar-refractivity contribution in [2.24, 2.45) is 5.73 Å². The van der Waals surface area contributed by atoms with Crippen LogP contribution in [-0.4, -0.2) is 43.2 Å². The molecule has 1 aliphatic heterocycles. The zero-order chi connectivity index (χ0) is 11.3. The fourth-order valence-electron chi connectivity index (χ4n) is 1.70. The number of unbranched alkanes of at least 4 members (excludes halogenated alkanes) is 1. The van der Waals surface area contributed by atoms with Gasteiger partial charge in [-0.15, -0.1) is 6.58 Å². The van der Waals surface area contributed by atoms with Gasteiger partial charge in [0.1, 0.15) is 5.54 Å². The van der Waals surface area contributed by atoms with Crippen LogP contribution in [0.3, 0.4) is 0 Å². The van der Waals surface area contributed by atoms with Crippen molar-refractivity contribution in [3.63, 3.8) is 0 Å². The Kier molecular flexibility index (Phi) is 4.29. The number of nitrogens with zero attached hydrogens (tertiary/aromatic N) is 1. The highest BCUT2D eigenvalue weighted by atomic mass is 16.5. The Balaban J connectivity index is 2.41. The number of allylic oxidation sites excluding steroid dienone is 1. The van der Waals surface area contributed by atoms with Crippen LogP contribution in [0.4, 0.5) is 0 Å². The molecule has 4 heteroatoms. The molecule has 4 nitrogen and oxygen atoms in total. The summed E-state index contributed by atoms with van der Waals surface area (Å²) in [6, 6.07) is 0. The quantitative estimate of drug-likeness (QED) is 0.534. The van der Waals surface area contributed by atoms with E-state index in [9.17, 15) is 4.79 Å². The van der Waals surface area contributed by atoms with E-state index in [0.717, 1.165) is 19.4 Å². The Hall–Kier alpha value is -0.870. The van der Waals surface area contributed by atoms with E-state index in [4.69, 9.17) is 10.5 Å². The van der Waals surface area contributed by atoms with E-state index >= 15 is 0 Å². The van der Waals surface area contributed by atoms with Gasteiger partial charge in [-0.05, 0) is 19.3 Å². The lowest BCUT2D eigenvalue weighted by molar-refractivity contribution is -0.135. The molecular weight excluding hydrogens is 192 g/mol. The van der Waals surface area contributed by atoms with E-state index in [1.54, 1.807) is 11.9 Å². The first-order chi connectivity index (χ1) is 7.10. The first-order valence-electron chi connectivity index (χ1n) is 5.33. The number of carbonyl (C=O) groups is 1. The van der Waals surface area contributed by atoms with Crippen molar-refractivity contribution >= 4 is 5.91 Å². The van der Waals surface area contributed by atoms with Crippen molar-refractivity contribution in [1.29, 1.82) is 0 Å². The largest absolute Gasteiger partial charge is 0.379 e. The Bertz CT molecular complexity index is 235. The molecule has 0 saturated carbocycles. The monoisotopic (exact) mass is 212 g/mol. The number of nitrogens with two attached hydrogens (primary N) is 1. The topological polar surface area (TPSA) is 55.6 Å². The van der Waals surface area contributed by atoms with Crippen molar-refractivity contribution in [2.45, 2.75) is 24.8 Å². The molecule has 0 spiro atoms. The number of hydrogen-bond donors (Lipinski definition) is 1. The predicted octanol–water partition coefficient (Wildman–Crippen LogP) is 0.529. The molecule has 0 bridgehead atoms. The minimum Gasteiger partial charge on any atom is -0.379 e. The summed E-state index contributed by atoms with van der Waals surface area (Å²) >= 11 is 0. The van der Waals surface area contributed by atoms with Crippen molar-refractivity contribution < 1.29 is 9.53 Å². The molecule has 0 aromatic carbocycles. The molecule has 0 radical (unpaired) electrons. The normalized spacial score (nSPS) is 25.2. The fourth-order valence-corrected chi connectivity index (χ4v) is 1.70. The van der Waals surface area contributed by atoms with E-state index in [1.807, 2.05) is 6.08 Å². The van der Waals surface area contributed by atoms with Crippen LogP contribution in [0, 0.1) is 0 Å². The third-order valence-corrected chi connectivity index (χ3v) is 2.73. The summed E-state index contributed by atoms with van der Waals surface area (Å²) in [6.07, 6.45) is 4.33. The van der Waals surface area contributed by atoms with Crippen molar-refractivity contribution in [1.82, 2.24) is 4.90 Å². The molecule has 15 heavy (non-hydrogen) atoms. The highest BCUT2D eigenvalue weighted by molar-refractivity contribution is 5.86. The molecule has 1 fully saturated rings. The molecule has 1 amide bonds. The molecule has 0 aliphatic carbocycles. The summed E-state index contributed by atoms with van der Waals surface area (Å²) in [5.41, 5.74) is 5.18. The zero-order valence-corrected chi connectivity index (χ0v) is 9.37. The van der Waals surface area contributed by atoms with E-state index < -0.39 is 5.54 Å². The number of rotatable bonds is 5. The van der Waals surface area contributed by atoms with E-state index in [1.165, 1.54) is 0 Å². The molecule has 1 aliphatic rings. The lowest BCUT2D eigenvalue weighted by Gasteiger charge is -2.27. The molecule has 1 heterocycles. The average molecular weight is 212 g/mol. The standard InChI is InChI=1S/C11H20N2O2/c1-3-4-5-7-13(2)10(14)11(12)6-8-15-9-11/h3H,1,4-9,12H2,2H3. The van der Waals surface area contributed by atoms with Gasteiger partial charge in [0.15, 0.2) is 0 Å². The summed E-state index contributed by atoms with van der Waals surface area (Å²) in [6.45, 7) is 5.30. The second kappa shape index (κ2) is 5.28. The molecule has 0 aromatic heterocycles. The van der Waals surface area contributed by atoms with Crippen molar-refractivity contribution in [3.8, 4) is 0 Å². The maximum atomic E-state index is 12.0. The van der Waals surface area contributed by atoms with Gasteiger partial charge in [-0.1, -0.05) is 6.08 Å². The number of ether oxygens (including phenoxy) is 1. The predicted molar refractivity (Wildman–Crippen MR) is 59.4 cm³/mol. The number of carbonyl (C=O) groups excluding carboxylic acids is 1. The Morgan fingerprint density at radius 2 is 2.47 bits per heavy atom. The third kappa shape index (κ3) is 3.04. The van der Waals surface area contributed by atoms with E-state index in [0.29, 0.717) is 19.6 Å². The van der Waals surface area contributed by atoms with Crippen LogP contribution in [0.25, 0.3) is 0 Å². The van der Waals surface area contributed by atoms with Crippen LogP contribution < -0.4 is 5.73 Å². The minimum absolute atomic E-state index is 0.0101. The first kappa shape index (κ1) is 12.2.